The summed E-state index contributed by atoms with van der Waals surface area (Å²) >= 11 is 6.03. The predicted molar refractivity (Wildman–Crippen MR) is 75.4 cm³/mol. The van der Waals surface area contributed by atoms with Crippen LogP contribution in [-0.2, 0) is 6.54 Å². The minimum atomic E-state index is 0.0541. The number of aryl methyl sites for hydroxylation is 1. The summed E-state index contributed by atoms with van der Waals surface area (Å²) in [6.07, 6.45) is 1.80. The molecule has 0 aliphatic carbocycles. The summed E-state index contributed by atoms with van der Waals surface area (Å²) in [5.74, 6) is 0. The van der Waals surface area contributed by atoms with Crippen molar-refractivity contribution in [3.05, 3.63) is 63.5 Å². The van der Waals surface area contributed by atoms with Gasteiger partial charge in [-0.25, -0.2) is 0 Å². The van der Waals surface area contributed by atoms with Gasteiger partial charge in [0, 0.05) is 24.8 Å². The number of hydrogen-bond donors (Lipinski definition) is 1. The highest BCUT2D eigenvalue weighted by molar-refractivity contribution is 6.33. The zero-order valence-electron chi connectivity index (χ0n) is 10.2. The molecule has 0 radical (unpaired) electrons. The van der Waals surface area contributed by atoms with E-state index in [9.17, 15) is 4.79 Å². The molecule has 94 valence electrons. The van der Waals surface area contributed by atoms with E-state index in [4.69, 9.17) is 11.6 Å². The fraction of sp³-hybridized carbons (Fsp3) is 0.214. The van der Waals surface area contributed by atoms with Crippen molar-refractivity contribution in [2.75, 3.05) is 11.9 Å². The van der Waals surface area contributed by atoms with Gasteiger partial charge in [-0.2, -0.15) is 0 Å². The Kier molecular flexibility index (Phi) is 4.05. The van der Waals surface area contributed by atoms with Crippen molar-refractivity contribution in [1.82, 2.24) is 4.57 Å². The molecule has 0 aliphatic heterocycles. The summed E-state index contributed by atoms with van der Waals surface area (Å²) in [5, 5.41) is 3.91. The molecule has 1 N–H and O–H groups in total. The van der Waals surface area contributed by atoms with Gasteiger partial charge in [0.15, 0.2) is 0 Å². The van der Waals surface area contributed by atoms with Crippen LogP contribution in [0.3, 0.4) is 0 Å². The lowest BCUT2D eigenvalue weighted by Gasteiger charge is -2.10. The summed E-state index contributed by atoms with van der Waals surface area (Å²) in [6.45, 7) is 3.10. The Morgan fingerprint density at radius 2 is 2.00 bits per heavy atom. The summed E-state index contributed by atoms with van der Waals surface area (Å²) < 4.78 is 1.69. The molecule has 3 nitrogen and oxygen atoms in total. The van der Waals surface area contributed by atoms with E-state index in [-0.39, 0.29) is 5.56 Å². The Morgan fingerprint density at radius 1 is 1.22 bits per heavy atom. The summed E-state index contributed by atoms with van der Waals surface area (Å²) in [5.41, 5.74) is 1.70. The van der Waals surface area contributed by atoms with Gasteiger partial charge in [0.25, 0.3) is 5.56 Å². The molecule has 0 fully saturated rings. The van der Waals surface area contributed by atoms with Gasteiger partial charge >= 0.3 is 0 Å². The molecule has 1 aromatic heterocycles. The molecule has 0 saturated heterocycles. The smallest absolute Gasteiger partial charge is 0.253 e. The Balaban J connectivity index is 1.99. The van der Waals surface area contributed by atoms with E-state index in [0.717, 1.165) is 11.3 Å². The second kappa shape index (κ2) is 5.74. The van der Waals surface area contributed by atoms with Gasteiger partial charge in [-0.3, -0.25) is 4.79 Å². The van der Waals surface area contributed by atoms with E-state index in [2.05, 4.69) is 5.32 Å². The number of para-hydroxylation sites is 1. The lowest BCUT2D eigenvalue weighted by molar-refractivity contribution is 0.693. The molecule has 0 aliphatic rings. The van der Waals surface area contributed by atoms with Gasteiger partial charge in [0.05, 0.1) is 10.7 Å². The van der Waals surface area contributed by atoms with E-state index in [1.54, 1.807) is 10.8 Å². The number of aromatic nitrogens is 1. The first-order valence-electron chi connectivity index (χ1n) is 5.83. The first-order valence-corrected chi connectivity index (χ1v) is 6.21. The SMILES string of the molecule is Cc1cccn(CCNc2ccccc2Cl)c1=O. The number of nitrogens with zero attached hydrogens (tertiary/aromatic N) is 1. The van der Waals surface area contributed by atoms with Crippen LogP contribution in [-0.4, -0.2) is 11.1 Å². The highest BCUT2D eigenvalue weighted by Crippen LogP contribution is 2.19. The van der Waals surface area contributed by atoms with Crippen LogP contribution >= 0.6 is 11.6 Å². The first-order chi connectivity index (χ1) is 8.68. The largest absolute Gasteiger partial charge is 0.382 e. The Morgan fingerprint density at radius 3 is 2.78 bits per heavy atom. The minimum absolute atomic E-state index is 0.0541. The molecule has 0 amide bonds. The van der Waals surface area contributed by atoms with E-state index >= 15 is 0 Å². The van der Waals surface area contributed by atoms with Crippen LogP contribution in [0.1, 0.15) is 5.56 Å². The normalized spacial score (nSPS) is 10.3. The average Bonchev–Trinajstić information content (AvgIpc) is 2.37. The fourth-order valence-corrected chi connectivity index (χ4v) is 1.95. The summed E-state index contributed by atoms with van der Waals surface area (Å²) in [4.78, 5) is 11.8. The molecule has 0 unspecified atom stereocenters. The first kappa shape index (κ1) is 12.7. The molecular formula is C14H15ClN2O. The van der Waals surface area contributed by atoms with Crippen LogP contribution in [0.4, 0.5) is 5.69 Å². The van der Waals surface area contributed by atoms with Crippen LogP contribution in [0.5, 0.6) is 0 Å². The maximum atomic E-state index is 11.8. The molecule has 18 heavy (non-hydrogen) atoms. The Bertz CT molecular complexity index is 592. The standard InChI is InChI=1S/C14H15ClN2O/c1-11-5-4-9-17(14(11)18)10-8-16-13-7-3-2-6-12(13)15/h2-7,9,16H,8,10H2,1H3. The van der Waals surface area contributed by atoms with Crippen molar-refractivity contribution >= 4 is 17.3 Å². The summed E-state index contributed by atoms with van der Waals surface area (Å²) in [7, 11) is 0. The quantitative estimate of drug-likeness (QED) is 0.919. The van der Waals surface area contributed by atoms with Crippen molar-refractivity contribution in [1.29, 1.82) is 0 Å². The van der Waals surface area contributed by atoms with E-state index in [1.807, 2.05) is 43.3 Å². The molecule has 0 saturated carbocycles. The van der Waals surface area contributed by atoms with Gasteiger partial charge in [-0.15, -0.1) is 0 Å². The molecule has 1 heterocycles. The minimum Gasteiger partial charge on any atom is -0.382 e. The maximum Gasteiger partial charge on any atom is 0.253 e. The highest BCUT2D eigenvalue weighted by Gasteiger charge is 2.00. The van der Waals surface area contributed by atoms with Crippen LogP contribution in [0.25, 0.3) is 0 Å². The molecular weight excluding hydrogens is 248 g/mol. The number of benzene rings is 1. The topological polar surface area (TPSA) is 34.0 Å². The number of halogens is 1. The number of nitrogens with one attached hydrogen (secondary N) is 1. The number of pyridine rings is 1. The van der Waals surface area contributed by atoms with Gasteiger partial charge in [0.2, 0.25) is 0 Å². The number of hydrogen-bond acceptors (Lipinski definition) is 2. The molecule has 0 spiro atoms. The number of anilines is 1. The Labute approximate surface area is 111 Å². The maximum absolute atomic E-state index is 11.8. The van der Waals surface area contributed by atoms with Crippen molar-refractivity contribution < 1.29 is 0 Å². The van der Waals surface area contributed by atoms with Crippen molar-refractivity contribution in [2.45, 2.75) is 13.5 Å². The van der Waals surface area contributed by atoms with Crippen molar-refractivity contribution in [3.63, 3.8) is 0 Å². The monoisotopic (exact) mass is 262 g/mol. The predicted octanol–water partition coefficient (Wildman–Crippen LogP) is 2.92. The van der Waals surface area contributed by atoms with E-state index in [1.165, 1.54) is 0 Å². The fourth-order valence-electron chi connectivity index (χ4n) is 1.75. The zero-order valence-corrected chi connectivity index (χ0v) is 10.9. The Hall–Kier alpha value is -1.74. The third-order valence-electron chi connectivity index (χ3n) is 2.75. The third-order valence-corrected chi connectivity index (χ3v) is 3.08. The van der Waals surface area contributed by atoms with Gasteiger partial charge < -0.3 is 9.88 Å². The molecule has 1 aromatic carbocycles. The lowest BCUT2D eigenvalue weighted by atomic mass is 10.3. The molecule has 4 heteroatoms. The lowest BCUT2D eigenvalue weighted by Crippen LogP contribution is -2.24. The van der Waals surface area contributed by atoms with E-state index in [0.29, 0.717) is 18.1 Å². The van der Waals surface area contributed by atoms with Crippen LogP contribution in [0.2, 0.25) is 5.02 Å². The zero-order chi connectivity index (χ0) is 13.0. The van der Waals surface area contributed by atoms with Crippen LogP contribution in [0, 0.1) is 6.92 Å². The molecule has 2 aromatic rings. The second-order valence-corrected chi connectivity index (χ2v) is 4.50. The van der Waals surface area contributed by atoms with Crippen LogP contribution < -0.4 is 10.9 Å². The molecule has 2 rings (SSSR count). The third kappa shape index (κ3) is 2.93. The van der Waals surface area contributed by atoms with Gasteiger partial charge in [-0.1, -0.05) is 29.8 Å². The number of rotatable bonds is 4. The van der Waals surface area contributed by atoms with Crippen LogP contribution in [0.15, 0.2) is 47.4 Å². The highest BCUT2D eigenvalue weighted by atomic mass is 35.5. The summed E-state index contributed by atoms with van der Waals surface area (Å²) in [6, 6.07) is 11.3. The van der Waals surface area contributed by atoms with E-state index < -0.39 is 0 Å². The van der Waals surface area contributed by atoms with Crippen molar-refractivity contribution in [3.8, 4) is 0 Å². The van der Waals surface area contributed by atoms with Crippen molar-refractivity contribution in [2.24, 2.45) is 0 Å². The average molecular weight is 263 g/mol. The molecule has 0 bridgehead atoms. The molecule has 0 atom stereocenters. The van der Waals surface area contributed by atoms with Gasteiger partial charge in [0.1, 0.15) is 0 Å². The second-order valence-electron chi connectivity index (χ2n) is 4.10. The van der Waals surface area contributed by atoms with Gasteiger partial charge in [-0.05, 0) is 25.1 Å².